The van der Waals surface area contributed by atoms with Gasteiger partial charge in [0.2, 0.25) is 5.91 Å². The van der Waals surface area contributed by atoms with Crippen LogP contribution in [-0.4, -0.2) is 63.0 Å². The van der Waals surface area contributed by atoms with E-state index in [4.69, 9.17) is 14.2 Å². The molecule has 6 heteroatoms. The fourth-order valence-corrected chi connectivity index (χ4v) is 4.00. The minimum absolute atomic E-state index is 0.0343. The van der Waals surface area contributed by atoms with Gasteiger partial charge in [0.1, 0.15) is 11.4 Å². The number of carbonyl (C=O) groups is 1. The number of anilines is 1. The van der Waals surface area contributed by atoms with Crippen molar-refractivity contribution in [1.82, 2.24) is 4.90 Å². The normalized spacial score (nSPS) is 26.8. The van der Waals surface area contributed by atoms with Crippen LogP contribution in [0.15, 0.2) is 18.2 Å². The molecule has 6 nitrogen and oxygen atoms in total. The first kappa shape index (κ1) is 18.2. The van der Waals surface area contributed by atoms with Crippen molar-refractivity contribution < 1.29 is 19.0 Å². The van der Waals surface area contributed by atoms with Crippen LogP contribution in [0.3, 0.4) is 0 Å². The van der Waals surface area contributed by atoms with Gasteiger partial charge < -0.3 is 19.5 Å². The molecule has 1 N–H and O–H groups in total. The van der Waals surface area contributed by atoms with Gasteiger partial charge in [-0.25, -0.2) is 0 Å². The molecule has 0 aliphatic carbocycles. The predicted molar refractivity (Wildman–Crippen MR) is 96.1 cm³/mol. The standard InChI is InChI=1S/C19H28N2O4/c1-14-5-6-16(23-2)15(11-14)20-18(22)12-21-9-7-17(24-3)19(13-21)8-4-10-25-19/h5-6,11,17H,4,7-10,12-13H2,1-3H3,(H,20,22). The second-order valence-corrected chi connectivity index (χ2v) is 6.99. The summed E-state index contributed by atoms with van der Waals surface area (Å²) < 4.78 is 17.0. The molecule has 3 rings (SSSR count). The van der Waals surface area contributed by atoms with Gasteiger partial charge in [0.15, 0.2) is 0 Å². The first-order valence-corrected chi connectivity index (χ1v) is 8.90. The quantitative estimate of drug-likeness (QED) is 0.884. The Morgan fingerprint density at radius 2 is 2.28 bits per heavy atom. The van der Waals surface area contributed by atoms with Crippen LogP contribution in [0, 0.1) is 6.92 Å². The number of nitrogens with one attached hydrogen (secondary N) is 1. The number of amides is 1. The summed E-state index contributed by atoms with van der Waals surface area (Å²) in [5.41, 5.74) is 1.54. The Morgan fingerprint density at radius 3 is 2.96 bits per heavy atom. The number of methoxy groups -OCH3 is 2. The Kier molecular flexibility index (Phi) is 5.61. The van der Waals surface area contributed by atoms with Gasteiger partial charge in [-0.3, -0.25) is 9.69 Å². The molecule has 138 valence electrons. The van der Waals surface area contributed by atoms with Gasteiger partial charge in [-0.15, -0.1) is 0 Å². The van der Waals surface area contributed by atoms with E-state index in [1.54, 1.807) is 14.2 Å². The number of nitrogens with zero attached hydrogens (tertiary/aromatic N) is 1. The summed E-state index contributed by atoms with van der Waals surface area (Å²) in [5, 5.41) is 2.98. The third kappa shape index (κ3) is 3.97. The lowest BCUT2D eigenvalue weighted by molar-refractivity contribution is -0.146. The molecular formula is C19H28N2O4. The summed E-state index contributed by atoms with van der Waals surface area (Å²) in [7, 11) is 3.36. The number of aryl methyl sites for hydroxylation is 1. The van der Waals surface area contributed by atoms with E-state index in [-0.39, 0.29) is 17.6 Å². The lowest BCUT2D eigenvalue weighted by atomic mass is 9.87. The van der Waals surface area contributed by atoms with Crippen LogP contribution >= 0.6 is 0 Å². The fourth-order valence-electron chi connectivity index (χ4n) is 4.00. The fraction of sp³-hybridized carbons (Fsp3) is 0.632. The molecule has 2 atom stereocenters. The van der Waals surface area contributed by atoms with E-state index < -0.39 is 0 Å². The second kappa shape index (κ2) is 7.72. The lowest BCUT2D eigenvalue weighted by Crippen LogP contribution is -2.58. The number of rotatable bonds is 5. The molecule has 2 heterocycles. The van der Waals surface area contributed by atoms with Crippen molar-refractivity contribution in [2.24, 2.45) is 0 Å². The average Bonchev–Trinajstić information content (AvgIpc) is 3.04. The Bertz CT molecular complexity index is 613. The molecule has 0 aromatic heterocycles. The molecule has 0 bridgehead atoms. The van der Waals surface area contributed by atoms with Crippen molar-refractivity contribution in [2.45, 2.75) is 37.9 Å². The van der Waals surface area contributed by atoms with Gasteiger partial charge in [-0.1, -0.05) is 6.07 Å². The Morgan fingerprint density at radius 1 is 1.44 bits per heavy atom. The lowest BCUT2D eigenvalue weighted by Gasteiger charge is -2.44. The van der Waals surface area contributed by atoms with E-state index in [1.807, 2.05) is 25.1 Å². The SMILES string of the molecule is COc1ccc(C)cc1NC(=O)CN1CCC(OC)C2(CCCO2)C1. The second-order valence-electron chi connectivity index (χ2n) is 6.99. The molecule has 1 spiro atoms. The highest BCUT2D eigenvalue weighted by molar-refractivity contribution is 5.93. The topological polar surface area (TPSA) is 60.0 Å². The summed E-state index contributed by atoms with van der Waals surface area (Å²) in [6, 6.07) is 5.76. The number of ether oxygens (including phenoxy) is 3. The number of hydrogen-bond acceptors (Lipinski definition) is 5. The highest BCUT2D eigenvalue weighted by Crippen LogP contribution is 2.36. The van der Waals surface area contributed by atoms with E-state index in [2.05, 4.69) is 10.2 Å². The maximum absolute atomic E-state index is 12.5. The molecule has 2 aliphatic heterocycles. The van der Waals surface area contributed by atoms with E-state index in [9.17, 15) is 4.79 Å². The van der Waals surface area contributed by atoms with Crippen LogP contribution in [0.4, 0.5) is 5.69 Å². The van der Waals surface area contributed by atoms with Crippen molar-refractivity contribution >= 4 is 11.6 Å². The summed E-state index contributed by atoms with van der Waals surface area (Å²) in [4.78, 5) is 14.7. The van der Waals surface area contributed by atoms with E-state index >= 15 is 0 Å². The van der Waals surface area contributed by atoms with Crippen LogP contribution in [-0.2, 0) is 14.3 Å². The van der Waals surface area contributed by atoms with Crippen LogP contribution < -0.4 is 10.1 Å². The molecule has 2 saturated heterocycles. The first-order valence-electron chi connectivity index (χ1n) is 8.90. The zero-order valence-corrected chi connectivity index (χ0v) is 15.3. The molecule has 1 aromatic rings. The van der Waals surface area contributed by atoms with Crippen molar-refractivity contribution in [3.05, 3.63) is 23.8 Å². The van der Waals surface area contributed by atoms with Crippen molar-refractivity contribution in [2.75, 3.05) is 45.8 Å². The summed E-state index contributed by atoms with van der Waals surface area (Å²) >= 11 is 0. The highest BCUT2D eigenvalue weighted by atomic mass is 16.6. The summed E-state index contributed by atoms with van der Waals surface area (Å²) in [6.45, 7) is 4.69. The number of piperidine rings is 1. The zero-order chi connectivity index (χ0) is 17.9. The Hall–Kier alpha value is -1.63. The maximum atomic E-state index is 12.5. The first-order chi connectivity index (χ1) is 12.1. The smallest absolute Gasteiger partial charge is 0.238 e. The van der Waals surface area contributed by atoms with Gasteiger partial charge in [0.25, 0.3) is 0 Å². The molecule has 2 fully saturated rings. The minimum Gasteiger partial charge on any atom is -0.495 e. The third-order valence-corrected chi connectivity index (χ3v) is 5.20. The molecule has 0 saturated carbocycles. The van der Waals surface area contributed by atoms with Crippen LogP contribution in [0.1, 0.15) is 24.8 Å². The van der Waals surface area contributed by atoms with Crippen LogP contribution in [0.2, 0.25) is 0 Å². The van der Waals surface area contributed by atoms with Crippen LogP contribution in [0.5, 0.6) is 5.75 Å². The number of carbonyl (C=O) groups excluding carboxylic acids is 1. The van der Waals surface area contributed by atoms with Gasteiger partial charge in [0, 0.05) is 26.8 Å². The van der Waals surface area contributed by atoms with E-state index in [0.29, 0.717) is 18.0 Å². The third-order valence-electron chi connectivity index (χ3n) is 5.20. The number of benzene rings is 1. The van der Waals surface area contributed by atoms with E-state index in [1.165, 1.54) is 0 Å². The molecule has 25 heavy (non-hydrogen) atoms. The maximum Gasteiger partial charge on any atom is 0.238 e. The molecule has 1 aromatic carbocycles. The van der Waals surface area contributed by atoms with Gasteiger partial charge >= 0.3 is 0 Å². The molecule has 2 unspecified atom stereocenters. The summed E-state index contributed by atoms with van der Waals surface area (Å²) in [5.74, 6) is 0.639. The molecule has 1 amide bonds. The monoisotopic (exact) mass is 348 g/mol. The van der Waals surface area contributed by atoms with Crippen molar-refractivity contribution in [3.8, 4) is 5.75 Å². The Labute approximate surface area is 149 Å². The van der Waals surface area contributed by atoms with Crippen LogP contribution in [0.25, 0.3) is 0 Å². The van der Waals surface area contributed by atoms with Gasteiger partial charge in [0.05, 0.1) is 25.4 Å². The number of hydrogen-bond donors (Lipinski definition) is 1. The van der Waals surface area contributed by atoms with Gasteiger partial charge in [-0.05, 0) is 43.9 Å². The van der Waals surface area contributed by atoms with Crippen molar-refractivity contribution in [1.29, 1.82) is 0 Å². The van der Waals surface area contributed by atoms with Crippen molar-refractivity contribution in [3.63, 3.8) is 0 Å². The molecule has 0 radical (unpaired) electrons. The highest BCUT2D eigenvalue weighted by Gasteiger charge is 2.47. The Balaban J connectivity index is 1.63. The minimum atomic E-state index is -0.256. The predicted octanol–water partition coefficient (Wildman–Crippen LogP) is 2.21. The summed E-state index contributed by atoms with van der Waals surface area (Å²) in [6.07, 6.45) is 3.05. The molecule has 2 aliphatic rings. The van der Waals surface area contributed by atoms with Gasteiger partial charge in [-0.2, -0.15) is 0 Å². The van der Waals surface area contributed by atoms with E-state index in [0.717, 1.165) is 44.5 Å². The zero-order valence-electron chi connectivity index (χ0n) is 15.3. The number of likely N-dealkylation sites (tertiary alicyclic amines) is 1. The largest absolute Gasteiger partial charge is 0.495 e. The molecular weight excluding hydrogens is 320 g/mol. The average molecular weight is 348 g/mol.